The van der Waals surface area contributed by atoms with Crippen LogP contribution in [0.25, 0.3) is 0 Å². The van der Waals surface area contributed by atoms with Crippen LogP contribution in [-0.2, 0) is 10.0 Å². The lowest BCUT2D eigenvalue weighted by Gasteiger charge is -2.23. The van der Waals surface area contributed by atoms with Crippen LogP contribution in [0.5, 0.6) is 0 Å². The van der Waals surface area contributed by atoms with Gasteiger partial charge in [0, 0.05) is 6.04 Å². The van der Waals surface area contributed by atoms with Crippen LogP contribution in [-0.4, -0.2) is 32.8 Å². The predicted molar refractivity (Wildman–Crippen MR) is 69.3 cm³/mol. The minimum absolute atomic E-state index is 0.0625. The maximum absolute atomic E-state index is 12.3. The number of nitrogens with one attached hydrogen (secondary N) is 2. The second-order valence-electron chi connectivity index (χ2n) is 6.49. The molecule has 1 heterocycles. The molecule has 1 aliphatic heterocycles. The highest BCUT2D eigenvalue weighted by molar-refractivity contribution is 7.90. The van der Waals surface area contributed by atoms with Gasteiger partial charge in [-0.2, -0.15) is 0 Å². The van der Waals surface area contributed by atoms with Crippen LogP contribution in [0.1, 0.15) is 40.5 Å². The van der Waals surface area contributed by atoms with Crippen molar-refractivity contribution >= 4 is 10.0 Å². The third-order valence-corrected chi connectivity index (χ3v) is 6.94. The molecule has 0 aromatic carbocycles. The first-order valence-corrected chi connectivity index (χ1v) is 7.96. The van der Waals surface area contributed by atoms with Crippen LogP contribution < -0.4 is 10.0 Å². The van der Waals surface area contributed by atoms with Gasteiger partial charge in [0.25, 0.3) is 0 Å². The van der Waals surface area contributed by atoms with E-state index in [1.807, 2.05) is 0 Å². The van der Waals surface area contributed by atoms with E-state index in [2.05, 4.69) is 37.7 Å². The molecule has 1 saturated heterocycles. The molecular weight excluding hydrogens is 236 g/mol. The molecule has 0 unspecified atom stereocenters. The first kappa shape index (κ1) is 13.3. The number of hydrogen-bond acceptors (Lipinski definition) is 3. The summed E-state index contributed by atoms with van der Waals surface area (Å²) in [6, 6.07) is 0.0786. The Kier molecular flexibility index (Phi) is 3.08. The number of piperidine rings is 1. The summed E-state index contributed by atoms with van der Waals surface area (Å²) in [7, 11) is -3.15. The molecule has 1 aliphatic carbocycles. The van der Waals surface area contributed by atoms with Gasteiger partial charge in [0.2, 0.25) is 10.0 Å². The van der Waals surface area contributed by atoms with Crippen LogP contribution in [0.2, 0.25) is 0 Å². The molecule has 2 aliphatic rings. The van der Waals surface area contributed by atoms with Gasteiger partial charge in [-0.1, -0.05) is 27.7 Å². The summed E-state index contributed by atoms with van der Waals surface area (Å²) in [5.41, 5.74) is 0.125. The highest BCUT2D eigenvalue weighted by atomic mass is 32.2. The van der Waals surface area contributed by atoms with E-state index in [9.17, 15) is 8.42 Å². The monoisotopic (exact) mass is 260 g/mol. The van der Waals surface area contributed by atoms with Crippen molar-refractivity contribution in [2.75, 3.05) is 13.1 Å². The molecule has 100 valence electrons. The van der Waals surface area contributed by atoms with E-state index in [0.717, 1.165) is 25.9 Å². The summed E-state index contributed by atoms with van der Waals surface area (Å²) >= 11 is 0. The zero-order valence-electron chi connectivity index (χ0n) is 11.2. The van der Waals surface area contributed by atoms with Crippen LogP contribution in [0.4, 0.5) is 0 Å². The highest BCUT2D eigenvalue weighted by Gasteiger charge is 2.66. The summed E-state index contributed by atoms with van der Waals surface area (Å²) < 4.78 is 27.5. The topological polar surface area (TPSA) is 58.2 Å². The molecular formula is C12H24N2O2S. The van der Waals surface area contributed by atoms with Crippen molar-refractivity contribution in [2.45, 2.75) is 51.8 Å². The smallest absolute Gasteiger partial charge is 0.214 e. The molecule has 17 heavy (non-hydrogen) atoms. The molecule has 0 radical (unpaired) electrons. The second kappa shape index (κ2) is 3.93. The van der Waals surface area contributed by atoms with E-state index in [1.54, 1.807) is 0 Å². The fourth-order valence-corrected chi connectivity index (χ4v) is 4.82. The van der Waals surface area contributed by atoms with Crippen molar-refractivity contribution in [1.29, 1.82) is 0 Å². The van der Waals surface area contributed by atoms with Crippen LogP contribution in [0, 0.1) is 10.8 Å². The Balaban J connectivity index is 2.04. The van der Waals surface area contributed by atoms with Crippen molar-refractivity contribution in [3.05, 3.63) is 0 Å². The lowest BCUT2D eigenvalue weighted by Crippen LogP contribution is -2.43. The van der Waals surface area contributed by atoms with E-state index in [-0.39, 0.29) is 22.1 Å². The van der Waals surface area contributed by atoms with E-state index in [4.69, 9.17) is 0 Å². The third-order valence-electron chi connectivity index (χ3n) is 5.03. The molecule has 5 heteroatoms. The molecule has 0 spiro atoms. The van der Waals surface area contributed by atoms with Crippen molar-refractivity contribution in [3.63, 3.8) is 0 Å². The van der Waals surface area contributed by atoms with Crippen molar-refractivity contribution < 1.29 is 8.42 Å². The van der Waals surface area contributed by atoms with E-state index in [1.165, 1.54) is 0 Å². The Morgan fingerprint density at radius 2 is 1.53 bits per heavy atom. The van der Waals surface area contributed by atoms with E-state index >= 15 is 0 Å². The van der Waals surface area contributed by atoms with Crippen LogP contribution >= 0.6 is 0 Å². The summed E-state index contributed by atoms with van der Waals surface area (Å²) in [5.74, 6) is 0. The standard InChI is InChI=1S/C12H24N2O2S/c1-11(2)10(12(11,3)4)14-17(15,16)9-5-7-13-8-6-9/h9-10,13-14H,5-8H2,1-4H3. The van der Waals surface area contributed by atoms with Gasteiger partial charge in [0.1, 0.15) is 0 Å². The summed E-state index contributed by atoms with van der Waals surface area (Å²) in [4.78, 5) is 0. The van der Waals surface area contributed by atoms with Gasteiger partial charge >= 0.3 is 0 Å². The second-order valence-corrected chi connectivity index (χ2v) is 8.48. The van der Waals surface area contributed by atoms with E-state index < -0.39 is 10.0 Å². The van der Waals surface area contributed by atoms with Gasteiger partial charge in [-0.25, -0.2) is 13.1 Å². The number of rotatable bonds is 3. The van der Waals surface area contributed by atoms with Gasteiger partial charge in [0.05, 0.1) is 5.25 Å². The van der Waals surface area contributed by atoms with Crippen molar-refractivity contribution in [1.82, 2.24) is 10.0 Å². The zero-order valence-corrected chi connectivity index (χ0v) is 12.0. The molecule has 0 aromatic rings. The molecule has 2 fully saturated rings. The molecule has 0 atom stereocenters. The van der Waals surface area contributed by atoms with Crippen molar-refractivity contribution in [2.24, 2.45) is 10.8 Å². The normalized spacial score (nSPS) is 29.2. The summed E-state index contributed by atoms with van der Waals surface area (Å²) in [6.45, 7) is 10.1. The first-order valence-electron chi connectivity index (χ1n) is 6.41. The average molecular weight is 260 g/mol. The number of hydrogen-bond donors (Lipinski definition) is 2. The lowest BCUT2D eigenvalue weighted by atomic mass is 10.0. The maximum atomic E-state index is 12.3. The third kappa shape index (κ3) is 2.13. The molecule has 1 saturated carbocycles. The average Bonchev–Trinajstić information content (AvgIpc) is 2.62. The number of sulfonamides is 1. The first-order chi connectivity index (χ1) is 7.69. The van der Waals surface area contributed by atoms with Gasteiger partial charge in [-0.15, -0.1) is 0 Å². The molecule has 2 rings (SSSR count). The largest absolute Gasteiger partial charge is 0.317 e. The fourth-order valence-electron chi connectivity index (χ4n) is 2.86. The zero-order chi connectivity index (χ0) is 12.9. The van der Waals surface area contributed by atoms with E-state index in [0.29, 0.717) is 0 Å². The SMILES string of the molecule is CC1(C)C(NS(=O)(=O)C2CCNCC2)C1(C)C. The Hall–Kier alpha value is -0.130. The molecule has 0 aromatic heterocycles. The van der Waals surface area contributed by atoms with Gasteiger partial charge < -0.3 is 5.32 Å². The van der Waals surface area contributed by atoms with Crippen LogP contribution in [0.15, 0.2) is 0 Å². The molecule has 0 amide bonds. The highest BCUT2D eigenvalue weighted by Crippen LogP contribution is 2.62. The molecule has 4 nitrogen and oxygen atoms in total. The summed E-state index contributed by atoms with van der Waals surface area (Å²) in [5, 5.41) is 2.98. The lowest BCUT2D eigenvalue weighted by molar-refractivity contribution is 0.457. The van der Waals surface area contributed by atoms with Crippen LogP contribution in [0.3, 0.4) is 0 Å². The Morgan fingerprint density at radius 3 is 1.94 bits per heavy atom. The summed E-state index contributed by atoms with van der Waals surface area (Å²) in [6.07, 6.45) is 1.45. The Morgan fingerprint density at radius 1 is 1.06 bits per heavy atom. The fraction of sp³-hybridized carbons (Fsp3) is 1.00. The minimum atomic E-state index is -3.15. The van der Waals surface area contributed by atoms with Gasteiger partial charge in [-0.3, -0.25) is 0 Å². The molecule has 0 bridgehead atoms. The minimum Gasteiger partial charge on any atom is -0.317 e. The Labute approximate surface area is 105 Å². The maximum Gasteiger partial charge on any atom is 0.214 e. The van der Waals surface area contributed by atoms with Gasteiger partial charge in [0.15, 0.2) is 0 Å². The van der Waals surface area contributed by atoms with Crippen molar-refractivity contribution in [3.8, 4) is 0 Å². The van der Waals surface area contributed by atoms with Gasteiger partial charge in [-0.05, 0) is 36.8 Å². The Bertz CT molecular complexity index is 381. The predicted octanol–water partition coefficient (Wildman–Crippen LogP) is 1.09. The molecule has 2 N–H and O–H groups in total. The quantitative estimate of drug-likeness (QED) is 0.799.